The normalized spacial score (nSPS) is 20.1. The van der Waals surface area contributed by atoms with E-state index in [-0.39, 0.29) is 12.1 Å². The van der Waals surface area contributed by atoms with E-state index in [0.29, 0.717) is 24.0 Å². The minimum Gasteiger partial charge on any atom is -0.493 e. The van der Waals surface area contributed by atoms with Crippen molar-refractivity contribution in [1.82, 2.24) is 15.1 Å². The first-order valence-corrected chi connectivity index (χ1v) is 11.7. The molecule has 2 saturated heterocycles. The van der Waals surface area contributed by atoms with Crippen LogP contribution in [-0.4, -0.2) is 62.3 Å². The lowest BCUT2D eigenvalue weighted by molar-refractivity contribution is 0.123. The molecule has 2 heterocycles. The van der Waals surface area contributed by atoms with Crippen LogP contribution in [0.25, 0.3) is 0 Å². The first kappa shape index (κ1) is 22.5. The molecule has 2 aromatic carbocycles. The first-order valence-electron chi connectivity index (χ1n) is 11.7. The first-order chi connectivity index (χ1) is 15.7. The van der Waals surface area contributed by atoms with Gasteiger partial charge in [0, 0.05) is 19.1 Å². The van der Waals surface area contributed by atoms with Crippen molar-refractivity contribution in [1.29, 1.82) is 0 Å². The van der Waals surface area contributed by atoms with Crippen molar-refractivity contribution in [3.05, 3.63) is 59.7 Å². The van der Waals surface area contributed by atoms with E-state index in [2.05, 4.69) is 22.3 Å². The van der Waals surface area contributed by atoms with Gasteiger partial charge in [0.25, 0.3) is 0 Å². The van der Waals surface area contributed by atoms with Crippen LogP contribution in [0.15, 0.2) is 48.5 Å². The summed E-state index contributed by atoms with van der Waals surface area (Å²) in [5.41, 5.74) is 2.19. The fourth-order valence-corrected chi connectivity index (χ4v) is 4.97. The molecule has 2 aliphatic rings. The van der Waals surface area contributed by atoms with E-state index in [1.54, 1.807) is 14.2 Å². The summed E-state index contributed by atoms with van der Waals surface area (Å²) in [6.07, 6.45) is 5.51. The largest absolute Gasteiger partial charge is 0.493 e. The molecule has 6 nitrogen and oxygen atoms in total. The molecule has 32 heavy (non-hydrogen) atoms. The number of carbonyl (C=O) groups is 1. The number of likely N-dealkylation sites (tertiary alicyclic amines) is 2. The predicted octanol–water partition coefficient (Wildman–Crippen LogP) is 4.26. The summed E-state index contributed by atoms with van der Waals surface area (Å²) in [6, 6.07) is 16.6. The van der Waals surface area contributed by atoms with Crippen LogP contribution in [0.2, 0.25) is 0 Å². The van der Waals surface area contributed by atoms with Gasteiger partial charge in [-0.2, -0.15) is 0 Å². The van der Waals surface area contributed by atoms with Crippen LogP contribution in [0.3, 0.4) is 0 Å². The fraction of sp³-hybridized carbons (Fsp3) is 0.500. The summed E-state index contributed by atoms with van der Waals surface area (Å²) >= 11 is 0. The van der Waals surface area contributed by atoms with Crippen LogP contribution in [-0.2, 0) is 6.42 Å². The molecule has 0 radical (unpaired) electrons. The third-order valence-corrected chi connectivity index (χ3v) is 6.73. The molecular weight excluding hydrogens is 402 g/mol. The zero-order valence-electron chi connectivity index (χ0n) is 19.3. The minimum atomic E-state index is -0.117. The van der Waals surface area contributed by atoms with E-state index in [4.69, 9.17) is 9.47 Å². The van der Waals surface area contributed by atoms with Crippen molar-refractivity contribution in [2.45, 2.75) is 44.2 Å². The highest BCUT2D eigenvalue weighted by Gasteiger charge is 2.30. The SMILES string of the molecule is COc1ccc(CC(NC(=O)N2CCCC(N3CCCC3)C2)c2ccccc2)cc1OC. The molecule has 2 fully saturated rings. The highest BCUT2D eigenvalue weighted by molar-refractivity contribution is 5.75. The molecule has 6 heteroatoms. The van der Waals surface area contributed by atoms with Crippen molar-refractivity contribution in [3.8, 4) is 11.5 Å². The number of nitrogens with zero attached hydrogens (tertiary/aromatic N) is 2. The Morgan fingerprint density at radius 2 is 1.75 bits per heavy atom. The Morgan fingerprint density at radius 1 is 1.00 bits per heavy atom. The van der Waals surface area contributed by atoms with Crippen molar-refractivity contribution < 1.29 is 14.3 Å². The number of benzene rings is 2. The lowest BCUT2D eigenvalue weighted by atomic mass is 9.98. The monoisotopic (exact) mass is 437 g/mol. The van der Waals surface area contributed by atoms with E-state index in [1.165, 1.54) is 32.4 Å². The van der Waals surface area contributed by atoms with E-state index in [0.717, 1.165) is 30.6 Å². The summed E-state index contributed by atoms with van der Waals surface area (Å²) in [6.45, 7) is 4.00. The number of amides is 2. The van der Waals surface area contributed by atoms with Gasteiger partial charge in [-0.15, -0.1) is 0 Å². The van der Waals surface area contributed by atoms with E-state index < -0.39 is 0 Å². The number of hydrogen-bond acceptors (Lipinski definition) is 4. The molecule has 2 aromatic rings. The number of carbonyl (C=O) groups excluding carboxylic acids is 1. The van der Waals surface area contributed by atoms with E-state index >= 15 is 0 Å². The van der Waals surface area contributed by atoms with Crippen molar-refractivity contribution >= 4 is 6.03 Å². The van der Waals surface area contributed by atoms with Crippen molar-refractivity contribution in [2.24, 2.45) is 0 Å². The summed E-state index contributed by atoms with van der Waals surface area (Å²) in [7, 11) is 3.28. The number of ether oxygens (including phenoxy) is 2. The maximum Gasteiger partial charge on any atom is 0.317 e. The molecular formula is C26H35N3O3. The van der Waals surface area contributed by atoms with Crippen molar-refractivity contribution in [2.75, 3.05) is 40.4 Å². The number of hydrogen-bond donors (Lipinski definition) is 1. The van der Waals surface area contributed by atoms with Gasteiger partial charge in [0.15, 0.2) is 11.5 Å². The molecule has 2 atom stereocenters. The average molecular weight is 438 g/mol. The molecule has 2 amide bonds. The van der Waals surface area contributed by atoms with Gasteiger partial charge < -0.3 is 19.7 Å². The van der Waals surface area contributed by atoms with Crippen molar-refractivity contribution in [3.63, 3.8) is 0 Å². The molecule has 1 N–H and O–H groups in total. The van der Waals surface area contributed by atoms with Gasteiger partial charge in [-0.25, -0.2) is 4.79 Å². The third kappa shape index (κ3) is 5.36. The van der Waals surface area contributed by atoms with Crippen LogP contribution in [0, 0.1) is 0 Å². The van der Waals surface area contributed by atoms with E-state index in [9.17, 15) is 4.79 Å². The van der Waals surface area contributed by atoms with Crippen LogP contribution in [0.4, 0.5) is 4.79 Å². The standard InChI is InChI=1S/C26H35N3O3/c1-31-24-13-12-20(18-25(24)32-2)17-23(21-9-4-3-5-10-21)27-26(30)29-16-8-11-22(19-29)28-14-6-7-15-28/h3-5,9-10,12-13,18,22-23H,6-8,11,14-17,19H2,1-2H3,(H,27,30). The molecule has 2 aliphatic heterocycles. The Labute approximate surface area is 191 Å². The number of nitrogens with one attached hydrogen (secondary N) is 1. The lowest BCUT2D eigenvalue weighted by Gasteiger charge is -2.38. The second-order valence-corrected chi connectivity index (χ2v) is 8.79. The molecule has 0 spiro atoms. The summed E-state index contributed by atoms with van der Waals surface area (Å²) in [5.74, 6) is 1.41. The molecule has 0 bridgehead atoms. The molecule has 4 rings (SSSR count). The zero-order chi connectivity index (χ0) is 22.3. The number of methoxy groups -OCH3 is 2. The molecule has 0 aliphatic carbocycles. The third-order valence-electron chi connectivity index (χ3n) is 6.73. The number of urea groups is 1. The quantitative estimate of drug-likeness (QED) is 0.703. The van der Waals surface area contributed by atoms with Crippen LogP contribution < -0.4 is 14.8 Å². The molecule has 172 valence electrons. The van der Waals surface area contributed by atoms with Gasteiger partial charge in [-0.1, -0.05) is 36.4 Å². The maximum atomic E-state index is 13.3. The fourth-order valence-electron chi connectivity index (χ4n) is 4.97. The Morgan fingerprint density at radius 3 is 2.47 bits per heavy atom. The van der Waals surface area contributed by atoms with Gasteiger partial charge in [0.05, 0.1) is 20.3 Å². The second-order valence-electron chi connectivity index (χ2n) is 8.79. The Kier molecular flexibility index (Phi) is 7.53. The molecule has 2 unspecified atom stereocenters. The average Bonchev–Trinajstić information content (AvgIpc) is 3.39. The second kappa shape index (κ2) is 10.7. The summed E-state index contributed by atoms with van der Waals surface area (Å²) < 4.78 is 10.8. The van der Waals surface area contributed by atoms with Gasteiger partial charge in [-0.3, -0.25) is 4.90 Å². The lowest BCUT2D eigenvalue weighted by Crippen LogP contribution is -2.52. The van der Waals surface area contributed by atoms with Gasteiger partial charge in [0.2, 0.25) is 0 Å². The zero-order valence-corrected chi connectivity index (χ0v) is 19.3. The smallest absolute Gasteiger partial charge is 0.317 e. The van der Waals surface area contributed by atoms with Crippen LogP contribution in [0.1, 0.15) is 42.9 Å². The van der Waals surface area contributed by atoms with Gasteiger partial charge >= 0.3 is 6.03 Å². The van der Waals surface area contributed by atoms with Gasteiger partial charge in [0.1, 0.15) is 0 Å². The Bertz CT molecular complexity index is 883. The summed E-state index contributed by atoms with van der Waals surface area (Å²) in [5, 5.41) is 3.33. The Balaban J connectivity index is 1.48. The van der Waals surface area contributed by atoms with Crippen LogP contribution in [0.5, 0.6) is 11.5 Å². The summed E-state index contributed by atoms with van der Waals surface area (Å²) in [4.78, 5) is 17.9. The van der Waals surface area contributed by atoms with Crippen LogP contribution >= 0.6 is 0 Å². The van der Waals surface area contributed by atoms with Gasteiger partial charge in [-0.05, 0) is 68.5 Å². The number of piperidine rings is 1. The maximum absolute atomic E-state index is 13.3. The minimum absolute atomic E-state index is 0.0308. The molecule has 0 aromatic heterocycles. The topological polar surface area (TPSA) is 54.0 Å². The predicted molar refractivity (Wildman–Crippen MR) is 126 cm³/mol. The number of rotatable bonds is 7. The highest BCUT2D eigenvalue weighted by atomic mass is 16.5. The highest BCUT2D eigenvalue weighted by Crippen LogP contribution is 2.30. The van der Waals surface area contributed by atoms with E-state index in [1.807, 2.05) is 41.3 Å². The molecule has 0 saturated carbocycles. The Hall–Kier alpha value is -2.73.